The molecule has 1 rings (SSSR count). The van der Waals surface area contributed by atoms with E-state index in [9.17, 15) is 14.0 Å². The van der Waals surface area contributed by atoms with Crippen molar-refractivity contribution < 1.29 is 18.7 Å². The van der Waals surface area contributed by atoms with Gasteiger partial charge in [-0.1, -0.05) is 6.92 Å². The van der Waals surface area contributed by atoms with Crippen molar-refractivity contribution in [1.29, 1.82) is 0 Å². The molecule has 0 aliphatic heterocycles. The number of ether oxygens (including phenoxy) is 1. The van der Waals surface area contributed by atoms with Crippen LogP contribution in [-0.2, 0) is 4.79 Å². The summed E-state index contributed by atoms with van der Waals surface area (Å²) < 4.78 is 18.2. The summed E-state index contributed by atoms with van der Waals surface area (Å²) in [5.74, 6) is -1.09. The first-order valence-corrected chi connectivity index (χ1v) is 5.66. The highest BCUT2D eigenvalue weighted by molar-refractivity contribution is 5.97. The monoisotopic (exact) mass is 253 g/mol. The van der Waals surface area contributed by atoms with Gasteiger partial charge in [0.2, 0.25) is 0 Å². The Morgan fingerprint density at radius 1 is 1.44 bits per heavy atom. The van der Waals surface area contributed by atoms with Gasteiger partial charge in [0.25, 0.3) is 5.91 Å². The Labute approximate surface area is 105 Å². The van der Waals surface area contributed by atoms with Gasteiger partial charge in [0.15, 0.2) is 17.3 Å². The molecule has 1 N–H and O–H groups in total. The average molecular weight is 253 g/mol. The molecule has 5 heteroatoms. The first-order valence-electron chi connectivity index (χ1n) is 5.66. The highest BCUT2D eigenvalue weighted by Crippen LogP contribution is 2.17. The molecule has 1 amide bonds. The first-order chi connectivity index (χ1) is 8.49. The number of halogens is 1. The summed E-state index contributed by atoms with van der Waals surface area (Å²) in [6.07, 6.45) is 0.346. The minimum Gasteiger partial charge on any atom is -0.494 e. The number of Topliss-reactive ketones (excluding diaryl/α,β-unsaturated/α-hetero) is 1. The van der Waals surface area contributed by atoms with Crippen LogP contribution in [0.3, 0.4) is 0 Å². The molecule has 18 heavy (non-hydrogen) atoms. The molecule has 1 unspecified atom stereocenters. The Hall–Kier alpha value is -1.91. The zero-order valence-corrected chi connectivity index (χ0v) is 10.6. The summed E-state index contributed by atoms with van der Waals surface area (Å²) >= 11 is 0. The number of carbonyl (C=O) groups excluding carboxylic acids is 2. The second kappa shape index (κ2) is 6.14. The fraction of sp³-hybridized carbons (Fsp3) is 0.385. The molecule has 0 spiro atoms. The predicted octanol–water partition coefficient (Wildman–Crippen LogP) is 1.93. The van der Waals surface area contributed by atoms with Crippen molar-refractivity contribution in [3.63, 3.8) is 0 Å². The van der Waals surface area contributed by atoms with E-state index in [1.54, 1.807) is 13.8 Å². The Balaban J connectivity index is 2.79. The molecular formula is C13H16FNO3. The van der Waals surface area contributed by atoms with Gasteiger partial charge in [-0.05, 0) is 25.1 Å². The van der Waals surface area contributed by atoms with Crippen LogP contribution in [0, 0.1) is 5.82 Å². The van der Waals surface area contributed by atoms with Crippen molar-refractivity contribution in [2.24, 2.45) is 0 Å². The fourth-order valence-electron chi connectivity index (χ4n) is 1.47. The molecule has 1 aromatic carbocycles. The number of benzene rings is 1. The Morgan fingerprint density at radius 2 is 2.11 bits per heavy atom. The highest BCUT2D eigenvalue weighted by atomic mass is 19.1. The maximum Gasteiger partial charge on any atom is 0.251 e. The Bertz CT molecular complexity index is 460. The standard InChI is InChI=1S/C13H16FNO3/c1-4-11(16)8(2)15-13(17)9-5-6-12(18-3)10(14)7-9/h5-8H,4H2,1-3H3,(H,15,17). The molecule has 0 heterocycles. The van der Waals surface area contributed by atoms with Crippen molar-refractivity contribution in [1.82, 2.24) is 5.32 Å². The lowest BCUT2D eigenvalue weighted by Gasteiger charge is -2.12. The number of amides is 1. The quantitative estimate of drug-likeness (QED) is 0.872. The molecule has 0 aliphatic carbocycles. The summed E-state index contributed by atoms with van der Waals surface area (Å²) in [6.45, 7) is 3.32. The Morgan fingerprint density at radius 3 is 2.61 bits per heavy atom. The molecule has 0 saturated carbocycles. The minimum absolute atomic E-state index is 0.0719. The van der Waals surface area contributed by atoms with Crippen LogP contribution in [0.25, 0.3) is 0 Å². The maximum absolute atomic E-state index is 13.4. The van der Waals surface area contributed by atoms with Crippen LogP contribution in [0.4, 0.5) is 4.39 Å². The molecule has 98 valence electrons. The van der Waals surface area contributed by atoms with E-state index in [4.69, 9.17) is 4.74 Å². The number of hydrogen-bond donors (Lipinski definition) is 1. The van der Waals surface area contributed by atoms with Gasteiger partial charge in [-0.25, -0.2) is 4.39 Å². The van der Waals surface area contributed by atoms with Gasteiger partial charge in [0.05, 0.1) is 13.2 Å². The van der Waals surface area contributed by atoms with Crippen LogP contribution in [0.5, 0.6) is 5.75 Å². The first kappa shape index (κ1) is 14.2. The maximum atomic E-state index is 13.4. The molecular weight excluding hydrogens is 237 g/mol. The van der Waals surface area contributed by atoms with Crippen molar-refractivity contribution in [2.45, 2.75) is 26.3 Å². The number of nitrogens with one attached hydrogen (secondary N) is 1. The van der Waals surface area contributed by atoms with Crippen molar-refractivity contribution >= 4 is 11.7 Å². The molecule has 0 fully saturated rings. The zero-order valence-electron chi connectivity index (χ0n) is 10.6. The molecule has 4 nitrogen and oxygen atoms in total. The number of carbonyl (C=O) groups is 2. The molecule has 0 aliphatic rings. The van der Waals surface area contributed by atoms with Crippen LogP contribution in [0.1, 0.15) is 30.6 Å². The summed E-state index contributed by atoms with van der Waals surface area (Å²) in [5.41, 5.74) is 0.157. The van der Waals surface area contributed by atoms with Gasteiger partial charge < -0.3 is 10.1 Å². The van der Waals surface area contributed by atoms with Crippen LogP contribution < -0.4 is 10.1 Å². The molecule has 1 aromatic rings. The minimum atomic E-state index is -0.611. The summed E-state index contributed by atoms with van der Waals surface area (Å²) in [7, 11) is 1.35. The molecule has 1 atom stereocenters. The van der Waals surface area contributed by atoms with Crippen LogP contribution in [0.15, 0.2) is 18.2 Å². The zero-order chi connectivity index (χ0) is 13.7. The third-order valence-electron chi connectivity index (χ3n) is 2.59. The molecule has 0 bridgehead atoms. The fourth-order valence-corrected chi connectivity index (χ4v) is 1.47. The predicted molar refractivity (Wildman–Crippen MR) is 65.2 cm³/mol. The number of methoxy groups -OCH3 is 1. The van der Waals surface area contributed by atoms with E-state index < -0.39 is 17.8 Å². The van der Waals surface area contributed by atoms with Gasteiger partial charge >= 0.3 is 0 Å². The largest absolute Gasteiger partial charge is 0.494 e. The van der Waals surface area contributed by atoms with E-state index in [1.807, 2.05) is 0 Å². The SMILES string of the molecule is CCC(=O)C(C)NC(=O)c1ccc(OC)c(F)c1. The number of ketones is 1. The lowest BCUT2D eigenvalue weighted by atomic mass is 10.1. The van der Waals surface area contributed by atoms with Gasteiger partial charge in [-0.2, -0.15) is 0 Å². The summed E-state index contributed by atoms with van der Waals surface area (Å²) in [6, 6.07) is 3.32. The van der Waals surface area contributed by atoms with E-state index in [0.29, 0.717) is 6.42 Å². The second-order valence-corrected chi connectivity index (χ2v) is 3.86. The van der Waals surface area contributed by atoms with Crippen molar-refractivity contribution in [3.05, 3.63) is 29.6 Å². The molecule has 0 saturated heterocycles. The van der Waals surface area contributed by atoms with E-state index in [0.717, 1.165) is 6.07 Å². The van der Waals surface area contributed by atoms with E-state index in [2.05, 4.69) is 5.32 Å². The van der Waals surface area contributed by atoms with Crippen LogP contribution in [-0.4, -0.2) is 24.8 Å². The van der Waals surface area contributed by atoms with E-state index in [-0.39, 0.29) is 17.1 Å². The summed E-state index contributed by atoms with van der Waals surface area (Å²) in [4.78, 5) is 23.1. The van der Waals surface area contributed by atoms with Crippen molar-refractivity contribution in [3.8, 4) is 5.75 Å². The molecule has 0 radical (unpaired) electrons. The number of rotatable bonds is 5. The van der Waals surface area contributed by atoms with E-state index >= 15 is 0 Å². The summed E-state index contributed by atoms with van der Waals surface area (Å²) in [5, 5.41) is 2.52. The van der Waals surface area contributed by atoms with Crippen LogP contribution >= 0.6 is 0 Å². The Kier molecular flexibility index (Phi) is 4.83. The smallest absolute Gasteiger partial charge is 0.251 e. The third-order valence-corrected chi connectivity index (χ3v) is 2.59. The van der Waals surface area contributed by atoms with Crippen molar-refractivity contribution in [2.75, 3.05) is 7.11 Å². The lowest BCUT2D eigenvalue weighted by molar-refractivity contribution is -0.120. The lowest BCUT2D eigenvalue weighted by Crippen LogP contribution is -2.38. The topological polar surface area (TPSA) is 55.4 Å². The van der Waals surface area contributed by atoms with Gasteiger partial charge in [0, 0.05) is 12.0 Å². The number of hydrogen-bond acceptors (Lipinski definition) is 3. The third kappa shape index (κ3) is 3.29. The normalized spacial score (nSPS) is 11.8. The second-order valence-electron chi connectivity index (χ2n) is 3.86. The van der Waals surface area contributed by atoms with E-state index in [1.165, 1.54) is 19.2 Å². The van der Waals surface area contributed by atoms with Gasteiger partial charge in [-0.3, -0.25) is 9.59 Å². The van der Waals surface area contributed by atoms with Gasteiger partial charge in [0.1, 0.15) is 0 Å². The van der Waals surface area contributed by atoms with Crippen LogP contribution in [0.2, 0.25) is 0 Å². The highest BCUT2D eigenvalue weighted by Gasteiger charge is 2.16. The van der Waals surface area contributed by atoms with Gasteiger partial charge in [-0.15, -0.1) is 0 Å². The molecule has 0 aromatic heterocycles. The average Bonchev–Trinajstić information content (AvgIpc) is 2.37.